The maximum Gasteiger partial charge on any atom is 0.250 e. The topological polar surface area (TPSA) is 37.7 Å². The molecule has 4 aromatic rings. The number of fused-ring (bicyclic) bond motifs is 3. The predicted octanol–water partition coefficient (Wildman–Crippen LogP) is 7.29. The number of ether oxygens (including phenoxy) is 1. The van der Waals surface area contributed by atoms with Crippen molar-refractivity contribution in [3.8, 4) is 5.75 Å². The second-order valence-electron chi connectivity index (χ2n) is 13.3. The summed E-state index contributed by atoms with van der Waals surface area (Å²) in [5.41, 5.74) is 5.36. The minimum atomic E-state index is -0.242. The van der Waals surface area contributed by atoms with Crippen LogP contribution in [0.1, 0.15) is 55.2 Å². The van der Waals surface area contributed by atoms with Crippen LogP contribution < -0.4 is 4.74 Å². The first-order chi connectivity index (χ1) is 21.6. The van der Waals surface area contributed by atoms with Crippen LogP contribution in [-0.4, -0.2) is 52.0 Å². The molecule has 0 spiro atoms. The highest BCUT2D eigenvalue weighted by Gasteiger charge is 2.51. The van der Waals surface area contributed by atoms with E-state index in [1.807, 2.05) is 12.1 Å². The van der Waals surface area contributed by atoms with Gasteiger partial charge in [0.1, 0.15) is 18.2 Å². The van der Waals surface area contributed by atoms with E-state index in [2.05, 4.69) is 63.0 Å². The molecule has 5 heterocycles. The van der Waals surface area contributed by atoms with E-state index in [0.717, 1.165) is 48.4 Å². The van der Waals surface area contributed by atoms with Gasteiger partial charge in [0.2, 0.25) is 5.91 Å². The third-order valence-corrected chi connectivity index (χ3v) is 10.7. The maximum absolute atomic E-state index is 14.0. The lowest BCUT2D eigenvalue weighted by molar-refractivity contribution is -0.145. The zero-order valence-electron chi connectivity index (χ0n) is 25.2. The number of halogens is 1. The van der Waals surface area contributed by atoms with Crippen molar-refractivity contribution in [2.24, 2.45) is 11.8 Å². The van der Waals surface area contributed by atoms with Crippen molar-refractivity contribution in [3.63, 3.8) is 0 Å². The van der Waals surface area contributed by atoms with Gasteiger partial charge < -0.3 is 14.2 Å². The lowest BCUT2D eigenvalue weighted by atomic mass is 9.67. The molecule has 3 aromatic carbocycles. The Morgan fingerprint density at radius 1 is 0.886 bits per heavy atom. The Balaban J connectivity index is 1.00. The Morgan fingerprint density at radius 3 is 2.50 bits per heavy atom. The van der Waals surface area contributed by atoms with Gasteiger partial charge >= 0.3 is 0 Å². The molecule has 0 unspecified atom stereocenters. The molecule has 1 amide bonds. The molecule has 1 aromatic heterocycles. The van der Waals surface area contributed by atoms with Gasteiger partial charge in [-0.3, -0.25) is 9.69 Å². The molecule has 5 nitrogen and oxygen atoms in total. The van der Waals surface area contributed by atoms with Crippen LogP contribution in [-0.2, 0) is 17.9 Å². The number of carbonyl (C=O) groups excluding carboxylic acids is 1. The highest BCUT2D eigenvalue weighted by molar-refractivity contribution is 6.01. The van der Waals surface area contributed by atoms with Crippen molar-refractivity contribution >= 4 is 22.9 Å². The summed E-state index contributed by atoms with van der Waals surface area (Å²) in [5, 5.41) is 1.18. The Bertz CT molecular complexity index is 1690. The molecule has 0 bridgehead atoms. The molecule has 0 N–H and O–H groups in total. The average Bonchev–Trinajstić information content (AvgIpc) is 3.40. The molecule has 0 saturated carbocycles. The first-order valence-electron chi connectivity index (χ1n) is 16.4. The Morgan fingerprint density at radius 2 is 1.66 bits per heavy atom. The van der Waals surface area contributed by atoms with Gasteiger partial charge in [0.15, 0.2) is 0 Å². The molecular weight excluding hydrogens is 549 g/mol. The van der Waals surface area contributed by atoms with E-state index in [-0.39, 0.29) is 11.7 Å². The molecule has 4 atom stereocenters. The fourth-order valence-electron chi connectivity index (χ4n) is 8.67. The van der Waals surface area contributed by atoms with Crippen molar-refractivity contribution in [1.29, 1.82) is 0 Å². The Kier molecular flexibility index (Phi) is 7.25. The summed E-state index contributed by atoms with van der Waals surface area (Å²) in [6, 6.07) is 24.2. The van der Waals surface area contributed by atoms with Gasteiger partial charge in [-0.15, -0.1) is 0 Å². The average molecular weight is 590 g/mol. The van der Waals surface area contributed by atoms with Gasteiger partial charge in [0.05, 0.1) is 0 Å². The molecule has 0 radical (unpaired) electrons. The van der Waals surface area contributed by atoms with E-state index < -0.39 is 0 Å². The summed E-state index contributed by atoms with van der Waals surface area (Å²) in [7, 11) is 0. The molecular formula is C38H40FN3O2. The van der Waals surface area contributed by atoms with Crippen LogP contribution in [0.4, 0.5) is 4.39 Å². The normalized spacial score (nSPS) is 26.1. The van der Waals surface area contributed by atoms with Crippen molar-refractivity contribution in [2.45, 2.75) is 63.8 Å². The molecule has 4 aliphatic heterocycles. The zero-order chi connectivity index (χ0) is 29.6. The van der Waals surface area contributed by atoms with Crippen LogP contribution >= 0.6 is 0 Å². The summed E-state index contributed by atoms with van der Waals surface area (Å²) in [5.74, 6) is 2.10. The van der Waals surface area contributed by atoms with Gasteiger partial charge in [-0.05, 0) is 111 Å². The quantitative estimate of drug-likeness (QED) is 0.222. The highest BCUT2D eigenvalue weighted by Crippen LogP contribution is 2.45. The van der Waals surface area contributed by atoms with E-state index in [1.165, 1.54) is 67.4 Å². The Hall–Kier alpha value is -3.90. The number of hydrogen-bond donors (Lipinski definition) is 0. The monoisotopic (exact) mass is 589 g/mol. The van der Waals surface area contributed by atoms with Gasteiger partial charge in [-0.2, -0.15) is 0 Å². The Labute approximate surface area is 258 Å². The number of nitrogens with zero attached hydrogens (tertiary/aromatic N) is 3. The highest BCUT2D eigenvalue weighted by atomic mass is 19.1. The number of benzene rings is 3. The third-order valence-electron chi connectivity index (χ3n) is 10.7. The first kappa shape index (κ1) is 27.6. The van der Waals surface area contributed by atoms with Gasteiger partial charge in [0, 0.05) is 53.4 Å². The minimum Gasteiger partial charge on any atom is -0.489 e. The molecule has 4 saturated heterocycles. The van der Waals surface area contributed by atoms with E-state index >= 15 is 0 Å². The second-order valence-corrected chi connectivity index (χ2v) is 13.3. The van der Waals surface area contributed by atoms with Crippen molar-refractivity contribution in [3.05, 3.63) is 107 Å². The zero-order valence-corrected chi connectivity index (χ0v) is 25.2. The van der Waals surface area contributed by atoms with E-state index in [1.54, 1.807) is 12.1 Å². The van der Waals surface area contributed by atoms with E-state index in [9.17, 15) is 9.18 Å². The summed E-state index contributed by atoms with van der Waals surface area (Å²) < 4.78 is 21.4. The largest absolute Gasteiger partial charge is 0.489 e. The minimum absolute atomic E-state index is 0.242. The van der Waals surface area contributed by atoms with Crippen molar-refractivity contribution in [1.82, 2.24) is 14.4 Å². The van der Waals surface area contributed by atoms with Crippen molar-refractivity contribution < 1.29 is 13.9 Å². The fraction of sp³-hybridized carbons (Fsp3) is 0.395. The maximum atomic E-state index is 14.0. The first-order valence-corrected chi connectivity index (χ1v) is 16.4. The van der Waals surface area contributed by atoms with Gasteiger partial charge in [-0.25, -0.2) is 4.39 Å². The van der Waals surface area contributed by atoms with Crippen molar-refractivity contribution in [2.75, 3.05) is 19.6 Å². The third kappa shape index (κ3) is 5.13. The predicted molar refractivity (Wildman–Crippen MR) is 172 cm³/mol. The van der Waals surface area contributed by atoms with Crippen LogP contribution in [0.25, 0.3) is 17.0 Å². The number of rotatable bonds is 6. The second kappa shape index (κ2) is 11.6. The van der Waals surface area contributed by atoms with Gasteiger partial charge in [-0.1, -0.05) is 42.5 Å². The van der Waals surface area contributed by atoms with Crippen LogP contribution in [0.5, 0.6) is 5.75 Å². The molecule has 6 heteroatoms. The summed E-state index contributed by atoms with van der Waals surface area (Å²) in [6.07, 6.45) is 11.4. The molecule has 4 fully saturated rings. The summed E-state index contributed by atoms with van der Waals surface area (Å²) >= 11 is 0. The molecule has 0 aliphatic carbocycles. The lowest BCUT2D eigenvalue weighted by Crippen LogP contribution is -2.66. The number of hydrogen-bond acceptors (Lipinski definition) is 3. The standard InChI is InChI=1S/C38H40FN3O2/c39-31-14-9-27(10-15-31)25-44-32-16-11-26(12-17-32)22-41-23-30(33-6-1-2-8-35(33)41)21-28-13-18-36-34-7-4-20-40-19-3-5-29(37(34)40)24-42(36)38(28)43/h1-2,6,8-12,14-17,21,23,29,34,36-37H,3-5,7,13,18-20,22,24-25H2/b28-21+/t29-,34-,36-,37+/m1/s1. The number of amides is 1. The fourth-order valence-corrected chi connectivity index (χ4v) is 8.67. The SMILES string of the molecule is O=C1/C(=C/c2cn(Cc3ccc(OCc4ccc(F)cc4)cc3)c3ccccc23)CC[C@@H]2[C@H]3CCCN4CCC[C@H](CN12)[C@@H]34. The smallest absolute Gasteiger partial charge is 0.250 e. The van der Waals surface area contributed by atoms with E-state index in [4.69, 9.17) is 4.74 Å². The summed E-state index contributed by atoms with van der Waals surface area (Å²) in [6.45, 7) is 4.57. The number of carbonyl (C=O) groups is 1. The van der Waals surface area contributed by atoms with E-state index in [0.29, 0.717) is 30.5 Å². The van der Waals surface area contributed by atoms with Gasteiger partial charge in [0.25, 0.3) is 0 Å². The number of piperidine rings is 4. The number of aromatic nitrogens is 1. The summed E-state index contributed by atoms with van der Waals surface area (Å²) in [4.78, 5) is 19.1. The molecule has 8 rings (SSSR count). The molecule has 226 valence electrons. The number of para-hydroxylation sites is 1. The van der Waals surface area contributed by atoms with Crippen LogP contribution in [0.3, 0.4) is 0 Å². The van der Waals surface area contributed by atoms with Crippen LogP contribution in [0.2, 0.25) is 0 Å². The van der Waals surface area contributed by atoms with Crippen LogP contribution in [0, 0.1) is 17.7 Å². The van der Waals surface area contributed by atoms with Crippen LogP contribution in [0.15, 0.2) is 84.6 Å². The lowest BCUT2D eigenvalue weighted by Gasteiger charge is -2.58. The molecule has 44 heavy (non-hydrogen) atoms. The molecule has 4 aliphatic rings.